The number of quaternary nitrogens is 1. The first-order valence-corrected chi connectivity index (χ1v) is 8.66. The molecule has 132 valence electrons. The predicted molar refractivity (Wildman–Crippen MR) is 95.0 cm³/mol. The summed E-state index contributed by atoms with van der Waals surface area (Å²) in [5.74, 6) is -0.262. The van der Waals surface area contributed by atoms with Gasteiger partial charge in [-0.3, -0.25) is 10.1 Å². The summed E-state index contributed by atoms with van der Waals surface area (Å²) in [6.07, 6.45) is 4.12. The minimum atomic E-state index is -0.472. The molecule has 3 amide bonds. The number of imide groups is 1. The minimum absolute atomic E-state index is 0.237. The van der Waals surface area contributed by atoms with Crippen LogP contribution in [0.15, 0.2) is 48.7 Å². The van der Waals surface area contributed by atoms with Crippen molar-refractivity contribution in [3.05, 3.63) is 59.9 Å². The Hall–Kier alpha value is -2.60. The maximum absolute atomic E-state index is 12.9. The molecule has 0 saturated carbocycles. The van der Waals surface area contributed by atoms with Gasteiger partial charge in [0.1, 0.15) is 6.04 Å². The largest absolute Gasteiger partial charge is 0.350 e. The fourth-order valence-corrected chi connectivity index (χ4v) is 3.82. The van der Waals surface area contributed by atoms with Crippen LogP contribution in [-0.4, -0.2) is 30.1 Å². The van der Waals surface area contributed by atoms with Gasteiger partial charge in [0.15, 0.2) is 6.04 Å². The topological polar surface area (TPSA) is 67.6 Å². The van der Waals surface area contributed by atoms with Crippen molar-refractivity contribution in [1.29, 1.82) is 0 Å². The number of rotatable bonds is 4. The van der Waals surface area contributed by atoms with E-state index >= 15 is 0 Å². The van der Waals surface area contributed by atoms with Crippen LogP contribution in [0.4, 0.5) is 4.79 Å². The van der Waals surface area contributed by atoms with Gasteiger partial charge >= 0.3 is 6.03 Å². The fourth-order valence-electron chi connectivity index (χ4n) is 3.82. The Bertz CT molecular complexity index is 741. The van der Waals surface area contributed by atoms with Crippen molar-refractivity contribution in [1.82, 2.24) is 15.2 Å². The Balaban J connectivity index is 1.94. The van der Waals surface area contributed by atoms with Crippen LogP contribution in [0.1, 0.15) is 36.2 Å². The molecule has 6 nitrogen and oxygen atoms in total. The smallest absolute Gasteiger partial charge is 0.321 e. The van der Waals surface area contributed by atoms with Crippen molar-refractivity contribution >= 4 is 11.9 Å². The van der Waals surface area contributed by atoms with Gasteiger partial charge in [0, 0.05) is 38.7 Å². The number of nitrogens with zero attached hydrogens (tertiary/aromatic N) is 1. The Morgan fingerprint density at radius 2 is 1.96 bits per heavy atom. The lowest BCUT2D eigenvalue weighted by molar-refractivity contribution is -0.940. The van der Waals surface area contributed by atoms with Crippen molar-refractivity contribution in [3.63, 3.8) is 0 Å². The predicted octanol–water partition coefficient (Wildman–Crippen LogP) is 0.942. The Kier molecular flexibility index (Phi) is 5.19. The Morgan fingerprint density at radius 3 is 2.60 bits per heavy atom. The molecule has 1 aliphatic heterocycles. The summed E-state index contributed by atoms with van der Waals surface area (Å²) in [5, 5.41) is 4.93. The van der Waals surface area contributed by atoms with Gasteiger partial charge in [-0.25, -0.2) is 4.79 Å². The summed E-state index contributed by atoms with van der Waals surface area (Å²) in [6.45, 7) is 0.899. The molecule has 0 spiro atoms. The molecule has 1 unspecified atom stereocenters. The number of hydrogen-bond donors (Lipinski definition) is 3. The minimum Gasteiger partial charge on any atom is -0.350 e. The highest BCUT2D eigenvalue weighted by molar-refractivity contribution is 5.96. The maximum Gasteiger partial charge on any atom is 0.321 e. The van der Waals surface area contributed by atoms with Crippen LogP contribution >= 0.6 is 0 Å². The van der Waals surface area contributed by atoms with E-state index in [0.717, 1.165) is 24.9 Å². The molecule has 3 atom stereocenters. The second-order valence-corrected chi connectivity index (χ2v) is 6.48. The highest BCUT2D eigenvalue weighted by Gasteiger charge is 2.41. The first-order valence-electron chi connectivity index (χ1n) is 8.66. The lowest BCUT2D eigenvalue weighted by Crippen LogP contribution is -3.12. The summed E-state index contributed by atoms with van der Waals surface area (Å²) in [4.78, 5) is 25.8. The summed E-state index contributed by atoms with van der Waals surface area (Å²) < 4.78 is 2.12. The van der Waals surface area contributed by atoms with E-state index in [9.17, 15) is 9.59 Å². The van der Waals surface area contributed by atoms with E-state index in [0.29, 0.717) is 0 Å². The third-order valence-corrected chi connectivity index (χ3v) is 4.98. The third-order valence-electron chi connectivity index (χ3n) is 4.98. The average molecular weight is 341 g/mol. The SMILES string of the molecule is CNC(=O)NC(=O)[C@@H](c1ccccc1)[NH+]1CCC[C@@H]1c1cccn1C. The van der Waals surface area contributed by atoms with Gasteiger partial charge in [-0.15, -0.1) is 0 Å². The van der Waals surface area contributed by atoms with E-state index in [4.69, 9.17) is 0 Å². The van der Waals surface area contributed by atoms with Crippen LogP contribution in [0.3, 0.4) is 0 Å². The highest BCUT2D eigenvalue weighted by atomic mass is 16.2. The first kappa shape index (κ1) is 17.2. The molecule has 0 radical (unpaired) electrons. The molecule has 3 rings (SSSR count). The number of aryl methyl sites for hydroxylation is 1. The van der Waals surface area contributed by atoms with Crippen LogP contribution < -0.4 is 15.5 Å². The van der Waals surface area contributed by atoms with Gasteiger partial charge in [-0.1, -0.05) is 30.3 Å². The van der Waals surface area contributed by atoms with Crippen LogP contribution in [0.2, 0.25) is 0 Å². The summed E-state index contributed by atoms with van der Waals surface area (Å²) >= 11 is 0. The van der Waals surface area contributed by atoms with Gasteiger partial charge in [0.25, 0.3) is 5.91 Å². The quantitative estimate of drug-likeness (QED) is 0.775. The first-order chi connectivity index (χ1) is 12.1. The number of amides is 3. The molecule has 1 aromatic carbocycles. The van der Waals surface area contributed by atoms with E-state index in [2.05, 4.69) is 21.3 Å². The molecule has 6 heteroatoms. The van der Waals surface area contributed by atoms with Gasteiger partial charge in [0.2, 0.25) is 0 Å². The highest BCUT2D eigenvalue weighted by Crippen LogP contribution is 2.23. The summed E-state index contributed by atoms with van der Waals surface area (Å²) in [6, 6.07) is 13.2. The number of benzene rings is 1. The van der Waals surface area contributed by atoms with E-state index in [1.807, 2.05) is 49.6 Å². The van der Waals surface area contributed by atoms with Crippen LogP contribution in [0.25, 0.3) is 0 Å². The molecule has 1 saturated heterocycles. The number of nitrogens with one attached hydrogen (secondary N) is 3. The number of hydrogen-bond acceptors (Lipinski definition) is 2. The van der Waals surface area contributed by atoms with Crippen LogP contribution in [-0.2, 0) is 11.8 Å². The fraction of sp³-hybridized carbons (Fsp3) is 0.368. The van der Waals surface area contributed by atoms with Gasteiger partial charge in [-0.05, 0) is 12.1 Å². The second-order valence-electron chi connectivity index (χ2n) is 6.48. The zero-order chi connectivity index (χ0) is 17.8. The number of aromatic nitrogens is 1. The molecule has 0 bridgehead atoms. The molecule has 3 N–H and O–H groups in total. The molecule has 0 aliphatic carbocycles. The number of urea groups is 1. The lowest BCUT2D eigenvalue weighted by atomic mass is 10.0. The molecule has 1 aliphatic rings. The third kappa shape index (κ3) is 3.58. The van der Waals surface area contributed by atoms with Crippen molar-refractivity contribution < 1.29 is 14.5 Å². The Labute approximate surface area is 147 Å². The van der Waals surface area contributed by atoms with Crippen molar-refractivity contribution in [2.24, 2.45) is 7.05 Å². The number of carbonyl (C=O) groups excluding carboxylic acids is 2. The zero-order valence-electron chi connectivity index (χ0n) is 14.7. The van der Waals surface area contributed by atoms with E-state index in [-0.39, 0.29) is 11.9 Å². The van der Waals surface area contributed by atoms with Crippen molar-refractivity contribution in [3.8, 4) is 0 Å². The van der Waals surface area contributed by atoms with Gasteiger partial charge in [-0.2, -0.15) is 0 Å². The van der Waals surface area contributed by atoms with E-state index in [1.54, 1.807) is 0 Å². The van der Waals surface area contributed by atoms with Crippen LogP contribution in [0.5, 0.6) is 0 Å². The van der Waals surface area contributed by atoms with Gasteiger partial charge in [0.05, 0.1) is 12.2 Å². The molecule has 2 aromatic rings. The standard InChI is InChI=1S/C19H24N4O2/c1-20-19(25)21-18(24)17(14-8-4-3-5-9-14)23-13-7-11-16(23)15-10-6-12-22(15)2/h3-6,8-10,12,16-17H,7,11,13H2,1-2H3,(H2,20,21,24,25)/p+1/t16-,17-/m1/s1. The molecule has 1 fully saturated rings. The van der Waals surface area contributed by atoms with Crippen LogP contribution in [0, 0.1) is 0 Å². The average Bonchev–Trinajstić information content (AvgIpc) is 3.24. The number of carbonyl (C=O) groups is 2. The summed E-state index contributed by atoms with van der Waals surface area (Å²) in [7, 11) is 3.54. The summed E-state index contributed by atoms with van der Waals surface area (Å²) in [5.41, 5.74) is 2.15. The van der Waals surface area contributed by atoms with Crippen molar-refractivity contribution in [2.45, 2.75) is 24.9 Å². The molecule has 25 heavy (non-hydrogen) atoms. The zero-order valence-corrected chi connectivity index (χ0v) is 14.7. The normalized spacial score (nSPS) is 20.9. The molecule has 1 aromatic heterocycles. The van der Waals surface area contributed by atoms with Gasteiger partial charge < -0.3 is 14.8 Å². The van der Waals surface area contributed by atoms with E-state index in [1.165, 1.54) is 17.6 Å². The molecular formula is C19H25N4O2+. The molecular weight excluding hydrogens is 316 g/mol. The monoisotopic (exact) mass is 341 g/mol. The maximum atomic E-state index is 12.9. The van der Waals surface area contributed by atoms with Crippen molar-refractivity contribution in [2.75, 3.05) is 13.6 Å². The van der Waals surface area contributed by atoms with E-state index < -0.39 is 12.1 Å². The molecule has 2 heterocycles. The lowest BCUT2D eigenvalue weighted by Gasteiger charge is -2.29. The number of likely N-dealkylation sites (tertiary alicyclic amines) is 1. The second kappa shape index (κ2) is 7.53. The Morgan fingerprint density at radius 1 is 1.20 bits per heavy atom.